The average molecular weight is 305 g/mol. The molecule has 0 spiro atoms. The van der Waals surface area contributed by atoms with Gasteiger partial charge in [-0.25, -0.2) is 14.2 Å². The second kappa shape index (κ2) is 6.30. The summed E-state index contributed by atoms with van der Waals surface area (Å²) in [5.74, 6) is -1.64. The molecule has 0 unspecified atom stereocenters. The number of hydrogen-bond donors (Lipinski definition) is 2. The van der Waals surface area contributed by atoms with Crippen LogP contribution in [0, 0.1) is 5.82 Å². The Morgan fingerprint density at radius 1 is 1.27 bits per heavy atom. The van der Waals surface area contributed by atoms with Crippen molar-refractivity contribution < 1.29 is 18.7 Å². The molecule has 0 radical (unpaired) electrons. The molecule has 22 heavy (non-hydrogen) atoms. The molecule has 0 saturated heterocycles. The fourth-order valence-electron chi connectivity index (χ4n) is 1.99. The monoisotopic (exact) mass is 305 g/mol. The first-order valence-electron chi connectivity index (χ1n) is 6.43. The molecule has 3 N–H and O–H groups in total. The number of methoxy groups -OCH3 is 2. The summed E-state index contributed by atoms with van der Waals surface area (Å²) in [6, 6.07) is 6.86. The lowest BCUT2D eigenvalue weighted by Crippen LogP contribution is -2.12. The number of halogens is 1. The van der Waals surface area contributed by atoms with Crippen molar-refractivity contribution in [3.63, 3.8) is 0 Å². The summed E-state index contributed by atoms with van der Waals surface area (Å²) in [6.45, 7) is 0. The van der Waals surface area contributed by atoms with Crippen LogP contribution in [0.4, 0.5) is 15.8 Å². The number of aromatic nitrogens is 1. The number of nitrogens with two attached hydrogens (primary N) is 1. The van der Waals surface area contributed by atoms with Crippen molar-refractivity contribution in [3.05, 3.63) is 35.8 Å². The van der Waals surface area contributed by atoms with Gasteiger partial charge in [-0.2, -0.15) is 0 Å². The predicted molar refractivity (Wildman–Crippen MR) is 81.5 cm³/mol. The van der Waals surface area contributed by atoms with Gasteiger partial charge in [0.2, 0.25) is 0 Å². The molecule has 7 heteroatoms. The first-order valence-corrected chi connectivity index (χ1v) is 6.43. The van der Waals surface area contributed by atoms with Gasteiger partial charge in [-0.15, -0.1) is 0 Å². The average Bonchev–Trinajstić information content (AvgIpc) is 2.56. The molecule has 1 aromatic carbocycles. The van der Waals surface area contributed by atoms with Crippen LogP contribution in [0.15, 0.2) is 24.3 Å². The SMILES string of the molecule is CNc1ccc(-c2nc(C(=O)OC)c(OC)c(N)c2F)cc1. The fraction of sp³-hybridized carbons (Fsp3) is 0.200. The van der Waals surface area contributed by atoms with Crippen molar-refractivity contribution in [2.75, 3.05) is 32.3 Å². The fourth-order valence-corrected chi connectivity index (χ4v) is 1.99. The zero-order chi connectivity index (χ0) is 16.3. The number of esters is 1. The van der Waals surface area contributed by atoms with Gasteiger partial charge in [0.05, 0.1) is 14.2 Å². The number of nitrogens with one attached hydrogen (secondary N) is 1. The third-order valence-corrected chi connectivity index (χ3v) is 3.16. The van der Waals surface area contributed by atoms with Crippen LogP contribution in [-0.4, -0.2) is 32.2 Å². The minimum Gasteiger partial charge on any atom is -0.492 e. The first kappa shape index (κ1) is 15.6. The van der Waals surface area contributed by atoms with E-state index in [4.69, 9.17) is 10.5 Å². The topological polar surface area (TPSA) is 86.5 Å². The third-order valence-electron chi connectivity index (χ3n) is 3.16. The van der Waals surface area contributed by atoms with Gasteiger partial charge in [-0.1, -0.05) is 12.1 Å². The molecule has 0 aliphatic carbocycles. The van der Waals surface area contributed by atoms with Crippen molar-refractivity contribution >= 4 is 17.3 Å². The number of hydrogen-bond acceptors (Lipinski definition) is 6. The van der Waals surface area contributed by atoms with Crippen molar-refractivity contribution in [3.8, 4) is 17.0 Å². The first-order chi connectivity index (χ1) is 10.5. The van der Waals surface area contributed by atoms with Crippen LogP contribution in [0.3, 0.4) is 0 Å². The number of nitrogens with zero attached hydrogens (tertiary/aromatic N) is 1. The minimum atomic E-state index is -0.753. The number of benzene rings is 1. The van der Waals surface area contributed by atoms with Gasteiger partial charge in [0.15, 0.2) is 17.3 Å². The molecule has 1 aromatic heterocycles. The van der Waals surface area contributed by atoms with E-state index < -0.39 is 11.8 Å². The summed E-state index contributed by atoms with van der Waals surface area (Å²) in [4.78, 5) is 15.8. The Morgan fingerprint density at radius 3 is 2.41 bits per heavy atom. The van der Waals surface area contributed by atoms with Crippen LogP contribution in [0.25, 0.3) is 11.3 Å². The van der Waals surface area contributed by atoms with Gasteiger partial charge in [-0.3, -0.25) is 0 Å². The van der Waals surface area contributed by atoms with E-state index in [2.05, 4.69) is 15.0 Å². The highest BCUT2D eigenvalue weighted by atomic mass is 19.1. The van der Waals surface area contributed by atoms with Crippen molar-refractivity contribution in [2.45, 2.75) is 0 Å². The van der Waals surface area contributed by atoms with Crippen molar-refractivity contribution in [1.29, 1.82) is 0 Å². The quantitative estimate of drug-likeness (QED) is 0.843. The van der Waals surface area contributed by atoms with Gasteiger partial charge in [-0.05, 0) is 12.1 Å². The molecule has 2 aromatic rings. The number of rotatable bonds is 4. The Balaban J connectivity index is 2.64. The van der Waals surface area contributed by atoms with Gasteiger partial charge in [0.1, 0.15) is 11.4 Å². The summed E-state index contributed by atoms with van der Waals surface area (Å²) >= 11 is 0. The Labute approximate surface area is 127 Å². The van der Waals surface area contributed by atoms with Crippen LogP contribution in [-0.2, 0) is 4.74 Å². The van der Waals surface area contributed by atoms with Gasteiger partial charge in [0, 0.05) is 18.3 Å². The Bertz CT molecular complexity index is 702. The van der Waals surface area contributed by atoms with E-state index in [-0.39, 0.29) is 22.8 Å². The summed E-state index contributed by atoms with van der Waals surface area (Å²) < 4.78 is 24.0. The molecular weight excluding hydrogens is 289 g/mol. The van der Waals surface area contributed by atoms with Crippen molar-refractivity contribution in [2.24, 2.45) is 0 Å². The number of carbonyl (C=O) groups excluding carboxylic acids is 1. The molecule has 0 atom stereocenters. The molecule has 0 saturated carbocycles. The number of ether oxygens (including phenoxy) is 2. The standard InChI is InChI=1S/C15H16FN3O3/c1-18-9-6-4-8(5-7-9)12-10(16)11(17)14(21-2)13(19-12)15(20)22-3/h4-7,18H,1-3H3,(H2,17,19). The minimum absolute atomic E-state index is 0.0404. The lowest BCUT2D eigenvalue weighted by atomic mass is 10.1. The van der Waals surface area contributed by atoms with E-state index in [9.17, 15) is 9.18 Å². The second-order valence-corrected chi connectivity index (χ2v) is 4.39. The van der Waals surface area contributed by atoms with Crippen molar-refractivity contribution in [1.82, 2.24) is 4.98 Å². The predicted octanol–water partition coefficient (Wildman–Crippen LogP) is 2.31. The number of pyridine rings is 1. The zero-order valence-corrected chi connectivity index (χ0v) is 12.4. The van der Waals surface area contributed by atoms with E-state index in [0.717, 1.165) is 5.69 Å². The number of anilines is 2. The maximum atomic E-state index is 14.4. The molecule has 6 nitrogen and oxygen atoms in total. The summed E-state index contributed by atoms with van der Waals surface area (Å²) in [5, 5.41) is 2.96. The zero-order valence-electron chi connectivity index (χ0n) is 12.4. The lowest BCUT2D eigenvalue weighted by Gasteiger charge is -2.13. The molecule has 0 bridgehead atoms. The normalized spacial score (nSPS) is 10.2. The van der Waals surface area contributed by atoms with Gasteiger partial charge < -0.3 is 20.5 Å². The highest BCUT2D eigenvalue weighted by Crippen LogP contribution is 2.34. The maximum Gasteiger partial charge on any atom is 0.360 e. The Morgan fingerprint density at radius 2 is 1.91 bits per heavy atom. The molecule has 0 fully saturated rings. The highest BCUT2D eigenvalue weighted by molar-refractivity contribution is 5.93. The van der Waals surface area contributed by atoms with Crippen LogP contribution < -0.4 is 15.8 Å². The smallest absolute Gasteiger partial charge is 0.360 e. The molecule has 0 aliphatic rings. The van der Waals surface area contributed by atoms with E-state index in [1.54, 1.807) is 31.3 Å². The second-order valence-electron chi connectivity index (χ2n) is 4.39. The van der Waals surface area contributed by atoms with Crippen LogP contribution in [0.1, 0.15) is 10.5 Å². The molecule has 0 aliphatic heterocycles. The van der Waals surface area contributed by atoms with E-state index in [0.29, 0.717) is 5.56 Å². The largest absolute Gasteiger partial charge is 0.492 e. The molecule has 1 heterocycles. The number of nitrogen functional groups attached to an aromatic ring is 1. The molecular formula is C15H16FN3O3. The van der Waals surface area contributed by atoms with Crippen LogP contribution >= 0.6 is 0 Å². The van der Waals surface area contributed by atoms with Gasteiger partial charge >= 0.3 is 5.97 Å². The third kappa shape index (κ3) is 2.65. The molecule has 2 rings (SSSR count). The molecule has 116 valence electrons. The Hall–Kier alpha value is -2.83. The van der Waals surface area contributed by atoms with Gasteiger partial charge in [0.25, 0.3) is 0 Å². The summed E-state index contributed by atoms with van der Waals surface area (Å²) in [5.41, 5.74) is 6.57. The maximum absolute atomic E-state index is 14.4. The van der Waals surface area contributed by atoms with E-state index in [1.165, 1.54) is 14.2 Å². The van der Waals surface area contributed by atoms with Crippen LogP contribution in [0.5, 0.6) is 5.75 Å². The highest BCUT2D eigenvalue weighted by Gasteiger charge is 2.24. The summed E-state index contributed by atoms with van der Waals surface area (Å²) in [6.07, 6.45) is 0. The van der Waals surface area contributed by atoms with E-state index in [1.807, 2.05) is 0 Å². The lowest BCUT2D eigenvalue weighted by molar-refractivity contribution is 0.0590. The number of carbonyl (C=O) groups is 1. The summed E-state index contributed by atoms with van der Waals surface area (Å²) in [7, 11) is 4.25. The Kier molecular flexibility index (Phi) is 4.45. The van der Waals surface area contributed by atoms with E-state index >= 15 is 0 Å². The van der Waals surface area contributed by atoms with Crippen LogP contribution in [0.2, 0.25) is 0 Å². The molecule has 0 amide bonds.